The molecular formula is C14H22N2O3S. The Bertz CT molecular complexity index is 434. The van der Waals surface area contributed by atoms with Gasteiger partial charge in [0, 0.05) is 5.41 Å². The van der Waals surface area contributed by atoms with Crippen LogP contribution in [0, 0.1) is 15.5 Å². The summed E-state index contributed by atoms with van der Waals surface area (Å²) >= 11 is 4.45. The third kappa shape index (κ3) is 4.37. The molecule has 0 saturated carbocycles. The number of rotatable bonds is 9. The fourth-order valence-corrected chi connectivity index (χ4v) is 2.80. The number of ether oxygens (including phenoxy) is 1. The molecule has 0 atom stereocenters. The second-order valence-corrected chi connectivity index (χ2v) is 5.35. The van der Waals surface area contributed by atoms with Crippen molar-refractivity contribution in [3.63, 3.8) is 0 Å². The first-order valence-corrected chi connectivity index (χ1v) is 7.55. The molecule has 1 heterocycles. The SMILES string of the molecule is CCCC(CS)(CCC)COc1cccnc1[N+](=O)[O-]. The first-order chi connectivity index (χ1) is 9.58. The summed E-state index contributed by atoms with van der Waals surface area (Å²) < 4.78 is 5.71. The van der Waals surface area contributed by atoms with Gasteiger partial charge in [0.25, 0.3) is 0 Å². The lowest BCUT2D eigenvalue weighted by molar-refractivity contribution is -0.390. The van der Waals surface area contributed by atoms with Gasteiger partial charge in [0.15, 0.2) is 0 Å². The van der Waals surface area contributed by atoms with Crippen molar-refractivity contribution in [2.75, 3.05) is 12.4 Å². The summed E-state index contributed by atoms with van der Waals surface area (Å²) in [7, 11) is 0. The van der Waals surface area contributed by atoms with Crippen LogP contribution in [-0.4, -0.2) is 22.3 Å². The van der Waals surface area contributed by atoms with E-state index in [2.05, 4.69) is 31.5 Å². The highest BCUT2D eigenvalue weighted by Gasteiger charge is 2.29. The Morgan fingerprint density at radius 1 is 1.40 bits per heavy atom. The molecule has 0 aliphatic heterocycles. The Morgan fingerprint density at radius 2 is 2.05 bits per heavy atom. The van der Waals surface area contributed by atoms with Crippen LogP contribution in [0.25, 0.3) is 0 Å². The highest BCUT2D eigenvalue weighted by Crippen LogP contribution is 2.33. The summed E-state index contributed by atoms with van der Waals surface area (Å²) in [5.74, 6) is 0.715. The predicted molar refractivity (Wildman–Crippen MR) is 82.5 cm³/mol. The lowest BCUT2D eigenvalue weighted by atomic mass is 9.82. The molecule has 0 aliphatic carbocycles. The van der Waals surface area contributed by atoms with Crippen LogP contribution >= 0.6 is 12.6 Å². The van der Waals surface area contributed by atoms with Crippen molar-refractivity contribution < 1.29 is 9.66 Å². The number of hydrogen-bond donors (Lipinski definition) is 1. The molecular weight excluding hydrogens is 276 g/mol. The minimum atomic E-state index is -0.517. The molecule has 0 spiro atoms. The van der Waals surface area contributed by atoms with E-state index in [-0.39, 0.29) is 17.0 Å². The predicted octanol–water partition coefficient (Wildman–Crippen LogP) is 3.89. The number of aromatic nitrogens is 1. The molecule has 5 nitrogen and oxygen atoms in total. The molecule has 6 heteroatoms. The molecule has 0 N–H and O–H groups in total. The zero-order valence-electron chi connectivity index (χ0n) is 12.0. The van der Waals surface area contributed by atoms with E-state index in [0.717, 1.165) is 25.7 Å². The number of nitro groups is 1. The van der Waals surface area contributed by atoms with E-state index in [4.69, 9.17) is 4.74 Å². The van der Waals surface area contributed by atoms with Gasteiger partial charge in [0.2, 0.25) is 5.75 Å². The molecule has 0 bridgehead atoms. The van der Waals surface area contributed by atoms with Crippen molar-refractivity contribution in [3.05, 3.63) is 28.4 Å². The highest BCUT2D eigenvalue weighted by atomic mass is 32.1. The molecule has 0 saturated heterocycles. The average Bonchev–Trinajstić information content (AvgIpc) is 2.45. The van der Waals surface area contributed by atoms with Crippen LogP contribution in [-0.2, 0) is 0 Å². The fourth-order valence-electron chi connectivity index (χ4n) is 2.40. The van der Waals surface area contributed by atoms with Crippen LogP contribution in [0.3, 0.4) is 0 Å². The van der Waals surface area contributed by atoms with Crippen molar-refractivity contribution >= 4 is 18.4 Å². The summed E-state index contributed by atoms with van der Waals surface area (Å²) in [6.07, 6.45) is 5.48. The molecule has 0 radical (unpaired) electrons. The summed E-state index contributed by atoms with van der Waals surface area (Å²) in [6, 6.07) is 3.23. The molecule has 112 valence electrons. The van der Waals surface area contributed by atoms with Gasteiger partial charge >= 0.3 is 5.82 Å². The van der Waals surface area contributed by atoms with Crippen LogP contribution in [0.2, 0.25) is 0 Å². The lowest BCUT2D eigenvalue weighted by Crippen LogP contribution is -2.30. The Morgan fingerprint density at radius 3 is 2.55 bits per heavy atom. The fraction of sp³-hybridized carbons (Fsp3) is 0.643. The zero-order chi connectivity index (χ0) is 15.0. The van der Waals surface area contributed by atoms with Gasteiger partial charge in [-0.05, 0) is 40.6 Å². The summed E-state index contributed by atoms with van der Waals surface area (Å²) in [5, 5.41) is 10.9. The molecule has 20 heavy (non-hydrogen) atoms. The maximum absolute atomic E-state index is 10.9. The molecule has 0 fully saturated rings. The number of nitrogens with zero attached hydrogens (tertiary/aromatic N) is 2. The van der Waals surface area contributed by atoms with Gasteiger partial charge in [-0.2, -0.15) is 12.6 Å². The van der Waals surface area contributed by atoms with E-state index < -0.39 is 4.92 Å². The average molecular weight is 298 g/mol. The molecule has 0 amide bonds. The quantitative estimate of drug-likeness (QED) is 0.427. The van der Waals surface area contributed by atoms with Gasteiger partial charge in [-0.15, -0.1) is 0 Å². The van der Waals surface area contributed by atoms with Crippen molar-refractivity contribution in [3.8, 4) is 5.75 Å². The van der Waals surface area contributed by atoms with Crippen LogP contribution < -0.4 is 4.74 Å². The molecule has 0 aromatic carbocycles. The second-order valence-electron chi connectivity index (χ2n) is 5.03. The monoisotopic (exact) mass is 298 g/mol. The third-order valence-electron chi connectivity index (χ3n) is 3.35. The maximum atomic E-state index is 10.9. The molecule has 1 aromatic rings. The Balaban J connectivity index is 2.84. The van der Waals surface area contributed by atoms with Crippen LogP contribution in [0.15, 0.2) is 18.3 Å². The van der Waals surface area contributed by atoms with Crippen molar-refractivity contribution in [2.45, 2.75) is 39.5 Å². The van der Waals surface area contributed by atoms with Crippen LogP contribution in [0.5, 0.6) is 5.75 Å². The van der Waals surface area contributed by atoms with Gasteiger partial charge < -0.3 is 14.9 Å². The minimum absolute atomic E-state index is 0.0314. The third-order valence-corrected chi connectivity index (χ3v) is 4.02. The Labute approximate surface area is 125 Å². The molecule has 0 aliphatic rings. The summed E-state index contributed by atoms with van der Waals surface area (Å²) in [5.41, 5.74) is -0.0314. The topological polar surface area (TPSA) is 65.3 Å². The van der Waals surface area contributed by atoms with Crippen LogP contribution in [0.4, 0.5) is 5.82 Å². The number of pyridine rings is 1. The smallest absolute Gasteiger partial charge is 0.406 e. The molecule has 1 rings (SSSR count). The van der Waals surface area contributed by atoms with Crippen LogP contribution in [0.1, 0.15) is 39.5 Å². The van der Waals surface area contributed by atoms with E-state index >= 15 is 0 Å². The van der Waals surface area contributed by atoms with Gasteiger partial charge in [-0.25, -0.2) is 0 Å². The zero-order valence-corrected chi connectivity index (χ0v) is 12.9. The highest BCUT2D eigenvalue weighted by molar-refractivity contribution is 7.80. The molecule has 1 aromatic heterocycles. The minimum Gasteiger partial charge on any atom is -0.485 e. The van der Waals surface area contributed by atoms with Gasteiger partial charge in [-0.1, -0.05) is 26.7 Å². The molecule has 0 unspecified atom stereocenters. The largest absolute Gasteiger partial charge is 0.485 e. The van der Waals surface area contributed by atoms with E-state index in [1.807, 2.05) is 0 Å². The van der Waals surface area contributed by atoms with E-state index in [9.17, 15) is 10.1 Å². The van der Waals surface area contributed by atoms with E-state index in [1.165, 1.54) is 6.20 Å². The van der Waals surface area contributed by atoms with Gasteiger partial charge in [0.1, 0.15) is 6.20 Å². The summed E-state index contributed by atoms with van der Waals surface area (Å²) in [4.78, 5) is 14.2. The second kappa shape index (κ2) is 8.09. The van der Waals surface area contributed by atoms with Gasteiger partial charge in [0.05, 0.1) is 6.61 Å². The lowest BCUT2D eigenvalue weighted by Gasteiger charge is -2.31. The Kier molecular flexibility index (Phi) is 6.78. The van der Waals surface area contributed by atoms with Crippen molar-refractivity contribution in [2.24, 2.45) is 5.41 Å². The first-order valence-electron chi connectivity index (χ1n) is 6.91. The summed E-state index contributed by atoms with van der Waals surface area (Å²) in [6.45, 7) is 4.69. The van der Waals surface area contributed by atoms with Gasteiger partial charge in [-0.3, -0.25) is 0 Å². The normalized spacial score (nSPS) is 11.3. The van der Waals surface area contributed by atoms with Crippen molar-refractivity contribution in [1.82, 2.24) is 4.98 Å². The van der Waals surface area contributed by atoms with E-state index in [0.29, 0.717) is 12.4 Å². The van der Waals surface area contributed by atoms with Crippen molar-refractivity contribution in [1.29, 1.82) is 0 Å². The first kappa shape index (κ1) is 16.8. The standard InChI is InChI=1S/C14H22N2O3S/c1-3-7-14(11-20,8-4-2)10-19-12-6-5-9-15-13(12)16(17)18/h5-6,9,20H,3-4,7-8,10-11H2,1-2H3. The van der Waals surface area contributed by atoms with E-state index in [1.54, 1.807) is 12.1 Å². The number of thiol groups is 1. The number of hydrogen-bond acceptors (Lipinski definition) is 5. The Hall–Kier alpha value is -1.30. The maximum Gasteiger partial charge on any atom is 0.406 e.